The molecule has 8 heteroatoms. The van der Waals surface area contributed by atoms with Gasteiger partial charge in [0.15, 0.2) is 0 Å². The number of nitrogens with one attached hydrogen (secondary N) is 2. The molecular weight excluding hydrogens is 432 g/mol. The summed E-state index contributed by atoms with van der Waals surface area (Å²) in [5.74, 6) is 3.10. The summed E-state index contributed by atoms with van der Waals surface area (Å²) in [5.41, 5.74) is 3.44. The van der Waals surface area contributed by atoms with Crippen molar-refractivity contribution in [3.05, 3.63) is 54.9 Å². The van der Waals surface area contributed by atoms with Gasteiger partial charge >= 0.3 is 0 Å². The third kappa shape index (κ3) is 4.55. The first-order chi connectivity index (χ1) is 16.8. The maximum absolute atomic E-state index is 6.32. The van der Waals surface area contributed by atoms with Crippen molar-refractivity contribution in [1.29, 1.82) is 0 Å². The SMILES string of the molecule is COc1ccc(-c2oc3ncnc(NCC[NH+]4CCOCC4)c3c2-c2ccc(OC)cc2)cc1. The van der Waals surface area contributed by atoms with E-state index in [1.165, 1.54) is 4.90 Å². The lowest BCUT2D eigenvalue weighted by Gasteiger charge is -2.23. The van der Waals surface area contributed by atoms with Crippen molar-refractivity contribution in [3.8, 4) is 33.9 Å². The minimum Gasteiger partial charge on any atom is -0.497 e. The number of nitrogens with zero attached hydrogens (tertiary/aromatic N) is 2. The highest BCUT2D eigenvalue weighted by molar-refractivity contribution is 6.05. The van der Waals surface area contributed by atoms with Crippen molar-refractivity contribution in [2.24, 2.45) is 0 Å². The highest BCUT2D eigenvalue weighted by Crippen LogP contribution is 2.43. The van der Waals surface area contributed by atoms with Crippen molar-refractivity contribution in [3.63, 3.8) is 0 Å². The van der Waals surface area contributed by atoms with E-state index in [1.54, 1.807) is 20.5 Å². The Morgan fingerprint density at radius 1 is 0.882 bits per heavy atom. The van der Waals surface area contributed by atoms with Crippen LogP contribution in [-0.2, 0) is 4.74 Å². The summed E-state index contributed by atoms with van der Waals surface area (Å²) in [4.78, 5) is 10.6. The van der Waals surface area contributed by atoms with E-state index in [2.05, 4.69) is 15.3 Å². The fourth-order valence-electron chi connectivity index (χ4n) is 4.31. The number of benzene rings is 2. The van der Waals surface area contributed by atoms with Crippen LogP contribution in [0.1, 0.15) is 0 Å². The molecule has 34 heavy (non-hydrogen) atoms. The zero-order valence-electron chi connectivity index (χ0n) is 19.5. The van der Waals surface area contributed by atoms with Crippen molar-refractivity contribution < 1.29 is 23.5 Å². The molecule has 1 aliphatic heterocycles. The Kier molecular flexibility index (Phi) is 6.60. The van der Waals surface area contributed by atoms with Crippen molar-refractivity contribution in [2.45, 2.75) is 0 Å². The normalized spacial score (nSPS) is 14.3. The molecule has 1 aliphatic rings. The van der Waals surface area contributed by atoms with Gasteiger partial charge in [-0.15, -0.1) is 0 Å². The molecule has 3 heterocycles. The monoisotopic (exact) mass is 461 g/mol. The van der Waals surface area contributed by atoms with Crippen LogP contribution in [0, 0.1) is 0 Å². The number of aromatic nitrogens is 2. The van der Waals surface area contributed by atoms with E-state index >= 15 is 0 Å². The fraction of sp³-hybridized carbons (Fsp3) is 0.308. The summed E-state index contributed by atoms with van der Waals surface area (Å²) in [6.45, 7) is 5.50. The Bertz CT molecular complexity index is 1230. The molecule has 0 amide bonds. The van der Waals surface area contributed by atoms with Gasteiger partial charge in [-0.25, -0.2) is 9.97 Å². The van der Waals surface area contributed by atoms with Crippen LogP contribution in [0.25, 0.3) is 33.6 Å². The molecule has 0 radical (unpaired) electrons. The molecule has 0 atom stereocenters. The van der Waals surface area contributed by atoms with Gasteiger partial charge in [0.05, 0.1) is 45.9 Å². The third-order valence-electron chi connectivity index (χ3n) is 6.19. The molecule has 2 N–H and O–H groups in total. The minimum atomic E-state index is 0.549. The predicted molar refractivity (Wildman–Crippen MR) is 131 cm³/mol. The molecule has 1 saturated heterocycles. The number of hydrogen-bond donors (Lipinski definition) is 2. The number of furan rings is 1. The third-order valence-corrected chi connectivity index (χ3v) is 6.19. The van der Waals surface area contributed by atoms with E-state index in [0.29, 0.717) is 5.71 Å². The average molecular weight is 462 g/mol. The van der Waals surface area contributed by atoms with Gasteiger partial charge in [0.1, 0.15) is 42.5 Å². The van der Waals surface area contributed by atoms with Gasteiger partial charge in [0.25, 0.3) is 0 Å². The first-order valence-corrected chi connectivity index (χ1v) is 11.5. The van der Waals surface area contributed by atoms with Gasteiger partial charge < -0.3 is 28.8 Å². The summed E-state index contributed by atoms with van der Waals surface area (Å²) < 4.78 is 22.5. The fourth-order valence-corrected chi connectivity index (χ4v) is 4.31. The number of ether oxygens (including phenoxy) is 3. The van der Waals surface area contributed by atoms with Crippen LogP contribution in [-0.4, -0.2) is 63.6 Å². The van der Waals surface area contributed by atoms with Crippen molar-refractivity contribution >= 4 is 16.9 Å². The number of rotatable bonds is 8. The topological polar surface area (TPSA) is 83.1 Å². The van der Waals surface area contributed by atoms with Gasteiger partial charge in [-0.2, -0.15) is 0 Å². The smallest absolute Gasteiger partial charge is 0.232 e. The number of quaternary nitrogens is 1. The maximum atomic E-state index is 6.32. The molecular formula is C26H29N4O4+. The first-order valence-electron chi connectivity index (χ1n) is 11.5. The number of fused-ring (bicyclic) bond motifs is 1. The number of hydrogen-bond acceptors (Lipinski definition) is 7. The highest BCUT2D eigenvalue weighted by Gasteiger charge is 2.23. The molecule has 0 saturated carbocycles. The second-order valence-corrected chi connectivity index (χ2v) is 8.20. The number of anilines is 1. The van der Waals surface area contributed by atoms with Crippen molar-refractivity contribution in [2.75, 3.05) is 58.9 Å². The molecule has 0 aliphatic carbocycles. The van der Waals surface area contributed by atoms with E-state index in [0.717, 1.165) is 84.5 Å². The first kappa shape index (κ1) is 22.2. The molecule has 4 aromatic rings. The van der Waals surface area contributed by atoms with Crippen LogP contribution in [0.2, 0.25) is 0 Å². The number of morpholine rings is 1. The Morgan fingerprint density at radius 2 is 1.53 bits per heavy atom. The standard InChI is InChI=1S/C26H28N4O4/c1-31-20-7-3-18(4-8-20)22-23-25(27-11-12-30-13-15-33-16-14-30)28-17-29-26(23)34-24(22)19-5-9-21(32-2)10-6-19/h3-10,17H,11-16H2,1-2H3,(H,27,28,29)/p+1. The average Bonchev–Trinajstić information content (AvgIpc) is 3.30. The molecule has 0 unspecified atom stereocenters. The zero-order valence-corrected chi connectivity index (χ0v) is 19.5. The second-order valence-electron chi connectivity index (χ2n) is 8.20. The second kappa shape index (κ2) is 10.1. The van der Waals surface area contributed by atoms with Gasteiger partial charge in [-0.1, -0.05) is 12.1 Å². The van der Waals surface area contributed by atoms with Crippen molar-refractivity contribution in [1.82, 2.24) is 9.97 Å². The summed E-state index contributed by atoms with van der Waals surface area (Å²) in [6.07, 6.45) is 1.55. The largest absolute Gasteiger partial charge is 0.497 e. The van der Waals surface area contributed by atoms with Crippen LogP contribution in [0.5, 0.6) is 11.5 Å². The summed E-state index contributed by atoms with van der Waals surface area (Å²) in [7, 11) is 3.32. The van der Waals surface area contributed by atoms with E-state index in [4.69, 9.17) is 18.6 Å². The lowest BCUT2D eigenvalue weighted by molar-refractivity contribution is -0.906. The molecule has 176 valence electrons. The Balaban J connectivity index is 1.55. The minimum absolute atomic E-state index is 0.549. The summed E-state index contributed by atoms with van der Waals surface area (Å²) in [5, 5.41) is 4.40. The summed E-state index contributed by atoms with van der Waals surface area (Å²) in [6, 6.07) is 15.8. The van der Waals surface area contributed by atoms with E-state index in [-0.39, 0.29) is 0 Å². The maximum Gasteiger partial charge on any atom is 0.232 e. The molecule has 0 bridgehead atoms. The van der Waals surface area contributed by atoms with Crippen LogP contribution in [0.15, 0.2) is 59.3 Å². The molecule has 2 aromatic heterocycles. The molecule has 2 aromatic carbocycles. The van der Waals surface area contributed by atoms with E-state index in [1.807, 2.05) is 48.5 Å². The lowest BCUT2D eigenvalue weighted by Crippen LogP contribution is -3.14. The van der Waals surface area contributed by atoms with Crippen LogP contribution >= 0.6 is 0 Å². The quantitative estimate of drug-likeness (QED) is 0.418. The zero-order chi connectivity index (χ0) is 23.3. The van der Waals surface area contributed by atoms with Crippen LogP contribution < -0.4 is 19.7 Å². The van der Waals surface area contributed by atoms with Gasteiger partial charge in [-0.3, -0.25) is 0 Å². The molecule has 8 nitrogen and oxygen atoms in total. The van der Waals surface area contributed by atoms with E-state index in [9.17, 15) is 0 Å². The number of methoxy groups -OCH3 is 2. The van der Waals surface area contributed by atoms with Gasteiger partial charge in [-0.05, 0) is 42.0 Å². The summed E-state index contributed by atoms with van der Waals surface area (Å²) >= 11 is 0. The molecule has 0 spiro atoms. The van der Waals surface area contributed by atoms with E-state index < -0.39 is 0 Å². The Hall–Kier alpha value is -3.62. The van der Waals surface area contributed by atoms with Crippen LogP contribution in [0.4, 0.5) is 5.82 Å². The highest BCUT2D eigenvalue weighted by atomic mass is 16.5. The van der Waals surface area contributed by atoms with Gasteiger partial charge in [0, 0.05) is 11.1 Å². The van der Waals surface area contributed by atoms with Crippen LogP contribution in [0.3, 0.4) is 0 Å². The predicted octanol–water partition coefficient (Wildman–Crippen LogP) is 2.90. The lowest BCUT2D eigenvalue weighted by atomic mass is 9.99. The Morgan fingerprint density at radius 3 is 2.18 bits per heavy atom. The Labute approximate surface area is 198 Å². The molecule has 5 rings (SSSR count). The van der Waals surface area contributed by atoms with Gasteiger partial charge in [0.2, 0.25) is 5.71 Å². The molecule has 1 fully saturated rings.